The van der Waals surface area contributed by atoms with Crippen molar-refractivity contribution in [3.63, 3.8) is 0 Å². The second-order valence-corrected chi connectivity index (χ2v) is 6.81. The molecule has 0 aliphatic carbocycles. The fraction of sp³-hybridized carbons (Fsp3) is 0.500. The van der Waals surface area contributed by atoms with E-state index in [1.165, 1.54) is 10.5 Å². The van der Waals surface area contributed by atoms with Crippen LogP contribution in [0.15, 0.2) is 35.3 Å². The highest BCUT2D eigenvalue weighted by atomic mass is 32.2. The zero-order chi connectivity index (χ0) is 18.1. The standard InChI is InChI=1S/C20H29NO2S/c1-6-8-17(20(22)23)18(14(3)21-4)13-15-9-11-16(12-10-15)19(7-2)24-5/h7,9-12,17-18H,6,8,13H2,1-5H3,(H,22,23)/b19-7-,21-14?/t17-,18+/m0/s1. The number of hydrogen-bond donors (Lipinski definition) is 1. The fourth-order valence-electron chi connectivity index (χ4n) is 3.02. The Morgan fingerprint density at radius 1 is 1.29 bits per heavy atom. The van der Waals surface area contributed by atoms with E-state index < -0.39 is 5.97 Å². The number of rotatable bonds is 9. The Kier molecular flexibility index (Phi) is 8.83. The molecule has 1 aromatic rings. The molecular formula is C20H29NO2S. The summed E-state index contributed by atoms with van der Waals surface area (Å²) in [4.78, 5) is 17.2. The van der Waals surface area contributed by atoms with Crippen molar-refractivity contribution in [3.05, 3.63) is 41.5 Å². The van der Waals surface area contributed by atoms with Crippen molar-refractivity contribution < 1.29 is 9.90 Å². The number of hydrogen-bond acceptors (Lipinski definition) is 3. The predicted octanol–water partition coefficient (Wildman–Crippen LogP) is 5.16. The predicted molar refractivity (Wildman–Crippen MR) is 106 cm³/mol. The summed E-state index contributed by atoms with van der Waals surface area (Å²) in [7, 11) is 1.74. The molecule has 24 heavy (non-hydrogen) atoms. The lowest BCUT2D eigenvalue weighted by Gasteiger charge is -2.24. The first-order valence-electron chi connectivity index (χ1n) is 8.44. The molecule has 1 aromatic carbocycles. The van der Waals surface area contributed by atoms with E-state index in [0.717, 1.165) is 17.7 Å². The normalized spacial score (nSPS) is 15.2. The molecule has 0 saturated carbocycles. The summed E-state index contributed by atoms with van der Waals surface area (Å²) in [5.74, 6) is -1.16. The lowest BCUT2D eigenvalue weighted by atomic mass is 9.81. The van der Waals surface area contributed by atoms with Crippen molar-refractivity contribution in [2.24, 2.45) is 16.8 Å². The van der Waals surface area contributed by atoms with Crippen LogP contribution in [-0.4, -0.2) is 30.1 Å². The quantitative estimate of drug-likeness (QED) is 0.628. The van der Waals surface area contributed by atoms with Gasteiger partial charge in [-0.2, -0.15) is 0 Å². The van der Waals surface area contributed by atoms with E-state index >= 15 is 0 Å². The molecule has 4 heteroatoms. The lowest BCUT2D eigenvalue weighted by Crippen LogP contribution is -2.30. The number of nitrogens with zero attached hydrogens (tertiary/aromatic N) is 1. The van der Waals surface area contributed by atoms with Crippen LogP contribution in [0.3, 0.4) is 0 Å². The Hall–Kier alpha value is -1.55. The smallest absolute Gasteiger partial charge is 0.307 e. The molecule has 0 fully saturated rings. The zero-order valence-electron chi connectivity index (χ0n) is 15.4. The first-order chi connectivity index (χ1) is 11.5. The Morgan fingerprint density at radius 2 is 1.92 bits per heavy atom. The van der Waals surface area contributed by atoms with Gasteiger partial charge in [-0.3, -0.25) is 9.79 Å². The zero-order valence-corrected chi connectivity index (χ0v) is 16.2. The number of aliphatic imine (C=N–C) groups is 1. The number of thioether (sulfide) groups is 1. The van der Waals surface area contributed by atoms with Crippen molar-refractivity contribution in [2.75, 3.05) is 13.3 Å². The Bertz CT molecular complexity index is 590. The van der Waals surface area contributed by atoms with Gasteiger partial charge in [-0.1, -0.05) is 43.7 Å². The van der Waals surface area contributed by atoms with Crippen LogP contribution in [0.25, 0.3) is 4.91 Å². The molecule has 0 amide bonds. The number of carbonyl (C=O) groups is 1. The SMILES string of the molecule is C/C=C(\SC)c1ccc(C[C@H](C(C)=NC)[C@H](CCC)C(=O)O)cc1. The average molecular weight is 348 g/mol. The molecule has 1 rings (SSSR count). The third-order valence-corrected chi connectivity index (χ3v) is 5.38. The molecule has 0 spiro atoms. The summed E-state index contributed by atoms with van der Waals surface area (Å²) in [6.07, 6.45) is 6.44. The molecule has 0 aliphatic heterocycles. The van der Waals surface area contributed by atoms with Crippen molar-refractivity contribution >= 4 is 28.3 Å². The van der Waals surface area contributed by atoms with Gasteiger partial charge < -0.3 is 5.11 Å². The molecule has 1 N–H and O–H groups in total. The summed E-state index contributed by atoms with van der Waals surface area (Å²) in [5, 5.41) is 9.61. The number of benzene rings is 1. The molecular weight excluding hydrogens is 318 g/mol. The highest BCUT2D eigenvalue weighted by Crippen LogP contribution is 2.28. The van der Waals surface area contributed by atoms with Gasteiger partial charge in [0.15, 0.2) is 0 Å². The first kappa shape index (κ1) is 20.5. The Morgan fingerprint density at radius 3 is 2.33 bits per heavy atom. The van der Waals surface area contributed by atoms with Crippen molar-refractivity contribution in [1.82, 2.24) is 0 Å². The number of aliphatic carboxylic acids is 1. The highest BCUT2D eigenvalue weighted by molar-refractivity contribution is 8.07. The minimum Gasteiger partial charge on any atom is -0.481 e. The van der Waals surface area contributed by atoms with Gasteiger partial charge in [0.1, 0.15) is 0 Å². The van der Waals surface area contributed by atoms with Gasteiger partial charge in [-0.25, -0.2) is 0 Å². The largest absolute Gasteiger partial charge is 0.481 e. The van der Waals surface area contributed by atoms with E-state index in [4.69, 9.17) is 0 Å². The van der Waals surface area contributed by atoms with E-state index in [0.29, 0.717) is 12.8 Å². The van der Waals surface area contributed by atoms with Gasteiger partial charge in [0.25, 0.3) is 0 Å². The molecule has 0 saturated heterocycles. The summed E-state index contributed by atoms with van der Waals surface area (Å²) >= 11 is 1.73. The second kappa shape index (κ2) is 10.3. The molecule has 3 nitrogen and oxygen atoms in total. The monoisotopic (exact) mass is 347 g/mol. The number of carboxylic acid groups (broad SMARTS) is 1. The van der Waals surface area contributed by atoms with E-state index in [1.54, 1.807) is 18.8 Å². The van der Waals surface area contributed by atoms with Crippen LogP contribution in [0.4, 0.5) is 0 Å². The topological polar surface area (TPSA) is 49.7 Å². The third kappa shape index (κ3) is 5.52. The van der Waals surface area contributed by atoms with Crippen LogP contribution in [0, 0.1) is 11.8 Å². The van der Waals surface area contributed by atoms with Crippen LogP contribution in [0.1, 0.15) is 44.7 Å². The van der Waals surface area contributed by atoms with Crippen molar-refractivity contribution in [3.8, 4) is 0 Å². The average Bonchev–Trinajstić information content (AvgIpc) is 2.59. The molecule has 0 aliphatic rings. The minimum atomic E-state index is -0.722. The van der Waals surface area contributed by atoms with Crippen LogP contribution >= 0.6 is 11.8 Å². The summed E-state index contributed by atoms with van der Waals surface area (Å²) in [6, 6.07) is 8.45. The molecule has 0 unspecified atom stereocenters. The lowest BCUT2D eigenvalue weighted by molar-refractivity contribution is -0.143. The van der Waals surface area contributed by atoms with Crippen molar-refractivity contribution in [2.45, 2.75) is 40.0 Å². The maximum atomic E-state index is 11.7. The summed E-state index contributed by atoms with van der Waals surface area (Å²) in [6.45, 7) is 6.01. The van der Waals surface area contributed by atoms with Gasteiger partial charge >= 0.3 is 5.97 Å². The van der Waals surface area contributed by atoms with Gasteiger partial charge in [-0.15, -0.1) is 11.8 Å². The molecule has 0 radical (unpaired) electrons. The molecule has 0 heterocycles. The summed E-state index contributed by atoms with van der Waals surface area (Å²) in [5.41, 5.74) is 3.28. The highest BCUT2D eigenvalue weighted by Gasteiger charge is 2.29. The van der Waals surface area contributed by atoms with Crippen LogP contribution in [-0.2, 0) is 11.2 Å². The van der Waals surface area contributed by atoms with Gasteiger partial charge in [-0.05, 0) is 44.1 Å². The van der Waals surface area contributed by atoms with E-state index in [2.05, 4.69) is 41.6 Å². The van der Waals surface area contributed by atoms with Crippen LogP contribution in [0.5, 0.6) is 0 Å². The molecule has 0 aromatic heterocycles. The maximum absolute atomic E-state index is 11.7. The second-order valence-electron chi connectivity index (χ2n) is 5.96. The van der Waals surface area contributed by atoms with E-state index in [1.807, 2.05) is 20.8 Å². The van der Waals surface area contributed by atoms with Gasteiger partial charge in [0.05, 0.1) is 5.92 Å². The van der Waals surface area contributed by atoms with Crippen LogP contribution < -0.4 is 0 Å². The Balaban J connectivity index is 3.04. The first-order valence-corrected chi connectivity index (χ1v) is 9.66. The number of carboxylic acids is 1. The van der Waals surface area contributed by atoms with E-state index in [9.17, 15) is 9.90 Å². The van der Waals surface area contributed by atoms with Crippen molar-refractivity contribution in [1.29, 1.82) is 0 Å². The minimum absolute atomic E-state index is 0.0555. The summed E-state index contributed by atoms with van der Waals surface area (Å²) < 4.78 is 0. The molecule has 2 atom stereocenters. The Labute approximate surface area is 150 Å². The fourth-order valence-corrected chi connectivity index (χ4v) is 3.62. The van der Waals surface area contributed by atoms with Gasteiger partial charge in [0.2, 0.25) is 0 Å². The molecule has 0 bridgehead atoms. The third-order valence-electron chi connectivity index (χ3n) is 4.47. The molecule has 132 valence electrons. The van der Waals surface area contributed by atoms with Crippen LogP contribution in [0.2, 0.25) is 0 Å². The van der Waals surface area contributed by atoms with Gasteiger partial charge in [0, 0.05) is 23.6 Å². The maximum Gasteiger partial charge on any atom is 0.307 e. The van der Waals surface area contributed by atoms with E-state index in [-0.39, 0.29) is 11.8 Å². The number of allylic oxidation sites excluding steroid dienone is 1.